The Bertz CT molecular complexity index is 1530. The van der Waals surface area contributed by atoms with Gasteiger partial charge in [-0.2, -0.15) is 5.11 Å². The molecular weight excluding hydrogens is 574 g/mol. The Morgan fingerprint density at radius 2 is 1.51 bits per heavy atom. The maximum absolute atomic E-state index is 13.6. The van der Waals surface area contributed by atoms with E-state index in [1.807, 2.05) is 0 Å². The zero-order chi connectivity index (χ0) is 30.8. The van der Waals surface area contributed by atoms with Crippen LogP contribution in [0.3, 0.4) is 0 Å². The van der Waals surface area contributed by atoms with E-state index in [4.69, 9.17) is 12.0 Å². The highest BCUT2D eigenvalue weighted by Gasteiger charge is 2.26. The molecule has 1 amide bonds. The molecule has 0 radical (unpaired) electrons. The van der Waals surface area contributed by atoms with Gasteiger partial charge in [-0.1, -0.05) is 30.2 Å². The van der Waals surface area contributed by atoms with Crippen molar-refractivity contribution in [2.45, 2.75) is 17.4 Å². The first-order valence-corrected chi connectivity index (χ1v) is 15.1. The van der Waals surface area contributed by atoms with Crippen molar-refractivity contribution in [2.75, 3.05) is 39.3 Å². The maximum Gasteiger partial charge on any atom is 0.261 e. The normalized spacial score (nSPS) is 14.7. The lowest BCUT2D eigenvalue weighted by molar-refractivity contribution is 0.0958. The third-order valence-corrected chi connectivity index (χ3v) is 8.45. The first kappa shape index (κ1) is 31.5. The molecule has 0 saturated carbocycles. The zero-order valence-corrected chi connectivity index (χ0v) is 24.2. The van der Waals surface area contributed by atoms with Gasteiger partial charge in [0.25, 0.3) is 15.9 Å². The number of carbonyl (C=O) groups excluding carboxylic acids is 1. The molecule has 43 heavy (non-hydrogen) atoms. The minimum atomic E-state index is -3.94. The second-order valence-electron chi connectivity index (χ2n) is 9.91. The number of sulfonamides is 1. The smallest absolute Gasteiger partial charge is 0.261 e. The summed E-state index contributed by atoms with van der Waals surface area (Å²) in [4.78, 5) is 16.4. The fourth-order valence-electron chi connectivity index (χ4n) is 4.81. The zero-order valence-electron chi connectivity index (χ0n) is 23.3. The van der Waals surface area contributed by atoms with Crippen molar-refractivity contribution >= 4 is 15.9 Å². The van der Waals surface area contributed by atoms with E-state index in [1.54, 1.807) is 24.3 Å². The molecule has 1 saturated heterocycles. The summed E-state index contributed by atoms with van der Waals surface area (Å²) < 4.78 is 55.0. The van der Waals surface area contributed by atoms with Crippen LogP contribution in [0.15, 0.2) is 94.7 Å². The van der Waals surface area contributed by atoms with E-state index in [2.05, 4.69) is 30.9 Å². The molecule has 3 N–H and O–H groups in total. The Morgan fingerprint density at radius 1 is 0.953 bits per heavy atom. The van der Waals surface area contributed by atoms with E-state index in [-0.39, 0.29) is 40.4 Å². The van der Waals surface area contributed by atoms with E-state index < -0.39 is 15.9 Å². The molecule has 3 aromatic carbocycles. The minimum absolute atomic E-state index is 0.0467. The third kappa shape index (κ3) is 8.54. The van der Waals surface area contributed by atoms with Crippen molar-refractivity contribution < 1.29 is 22.0 Å². The Labute approximate surface area is 250 Å². The molecule has 224 valence electrons. The lowest BCUT2D eigenvalue weighted by Gasteiger charge is -2.39. The molecule has 0 unspecified atom stereocenters. The summed E-state index contributed by atoms with van der Waals surface area (Å²) in [5.41, 5.74) is 9.86. The summed E-state index contributed by atoms with van der Waals surface area (Å²) >= 11 is 0. The van der Waals surface area contributed by atoms with Gasteiger partial charge < -0.3 is 10.2 Å². The van der Waals surface area contributed by atoms with E-state index in [1.165, 1.54) is 54.7 Å². The molecule has 1 heterocycles. The van der Waals surface area contributed by atoms with Crippen LogP contribution in [0.1, 0.15) is 33.9 Å². The van der Waals surface area contributed by atoms with Gasteiger partial charge in [0.1, 0.15) is 11.6 Å². The van der Waals surface area contributed by atoms with E-state index in [9.17, 15) is 22.0 Å². The Kier molecular flexibility index (Phi) is 10.7. The molecule has 0 aromatic heterocycles. The summed E-state index contributed by atoms with van der Waals surface area (Å²) in [6.45, 7) is 3.42. The van der Waals surface area contributed by atoms with Crippen molar-refractivity contribution in [3.63, 3.8) is 0 Å². The van der Waals surface area contributed by atoms with Gasteiger partial charge in [0, 0.05) is 50.9 Å². The first-order chi connectivity index (χ1) is 20.7. The van der Waals surface area contributed by atoms with Gasteiger partial charge in [-0.05, 0) is 59.7 Å². The summed E-state index contributed by atoms with van der Waals surface area (Å²) in [5, 5.41) is 6.00. The number of nitrogens with one attached hydrogen (secondary N) is 3. The number of hydrogen-bond donors (Lipinski definition) is 3. The van der Waals surface area contributed by atoms with E-state index in [0.29, 0.717) is 39.1 Å². The van der Waals surface area contributed by atoms with Crippen LogP contribution in [-0.4, -0.2) is 63.4 Å². The van der Waals surface area contributed by atoms with E-state index >= 15 is 0 Å². The average Bonchev–Trinajstić information content (AvgIpc) is 3.02. The van der Waals surface area contributed by atoms with E-state index in [0.717, 1.165) is 11.1 Å². The van der Waals surface area contributed by atoms with Crippen molar-refractivity contribution in [3.8, 4) is 12.3 Å². The monoisotopic (exact) mass is 606 g/mol. The molecule has 0 bridgehead atoms. The van der Waals surface area contributed by atoms with Gasteiger partial charge in [-0.3, -0.25) is 14.4 Å². The Hall–Kier alpha value is -4.44. The van der Waals surface area contributed by atoms with Crippen LogP contribution in [0.5, 0.6) is 0 Å². The van der Waals surface area contributed by atoms with Crippen LogP contribution in [0.25, 0.3) is 0 Å². The second-order valence-corrected chi connectivity index (χ2v) is 11.6. The fraction of sp³-hybridized carbons (Fsp3) is 0.258. The molecule has 1 fully saturated rings. The van der Waals surface area contributed by atoms with Crippen LogP contribution in [0.2, 0.25) is 0 Å². The molecule has 9 nitrogen and oxygen atoms in total. The predicted octanol–water partition coefficient (Wildman–Crippen LogP) is 4.28. The van der Waals surface area contributed by atoms with Gasteiger partial charge in [0.05, 0.1) is 23.2 Å². The number of benzene rings is 3. The van der Waals surface area contributed by atoms with Crippen LogP contribution in [0.4, 0.5) is 8.78 Å². The predicted molar refractivity (Wildman–Crippen MR) is 158 cm³/mol. The summed E-state index contributed by atoms with van der Waals surface area (Å²) in [5.74, 6) is 1.24. The van der Waals surface area contributed by atoms with Gasteiger partial charge in [0.15, 0.2) is 0 Å². The number of hydrogen-bond acceptors (Lipinski definition) is 7. The van der Waals surface area contributed by atoms with Gasteiger partial charge >= 0.3 is 0 Å². The Morgan fingerprint density at radius 3 is 2.02 bits per heavy atom. The molecule has 0 spiro atoms. The highest BCUT2D eigenvalue weighted by molar-refractivity contribution is 7.89. The quantitative estimate of drug-likeness (QED) is 0.210. The lowest BCUT2D eigenvalue weighted by Crippen LogP contribution is -2.48. The summed E-state index contributed by atoms with van der Waals surface area (Å²) in [6, 6.07) is 17.9. The average molecular weight is 607 g/mol. The van der Waals surface area contributed by atoms with Gasteiger partial charge in [-0.25, -0.2) is 22.7 Å². The number of piperazine rings is 1. The van der Waals surface area contributed by atoms with Crippen molar-refractivity contribution in [2.24, 2.45) is 5.11 Å². The van der Waals surface area contributed by atoms with Crippen LogP contribution in [0, 0.1) is 29.5 Å². The topological polar surface area (TPSA) is 118 Å². The third-order valence-electron chi connectivity index (χ3n) is 7.13. The minimum Gasteiger partial charge on any atom is -0.341 e. The maximum atomic E-state index is 13.6. The SMILES string of the molecule is C#CCNC(=O)c1ccc(S(=O)(=O)N/C=C(/CCN2CCN(C(c3ccc(F)cc3)c3ccc(F)cc3)CC2)N=N)cc1. The number of carbonyl (C=O) groups is 1. The fourth-order valence-corrected chi connectivity index (χ4v) is 5.74. The largest absolute Gasteiger partial charge is 0.341 e. The first-order valence-electron chi connectivity index (χ1n) is 13.6. The highest BCUT2D eigenvalue weighted by atomic mass is 32.2. The molecular formula is C31H32F2N6O3S. The molecule has 1 aliphatic heterocycles. The highest BCUT2D eigenvalue weighted by Crippen LogP contribution is 2.30. The lowest BCUT2D eigenvalue weighted by atomic mass is 9.96. The standard InChI is InChI=1S/C31H32F2N6O3S/c1-2-16-35-31(40)25-7-13-29(14-8-25)43(41,42)36-22-28(37-34)15-17-38-18-20-39(21-19-38)30(23-3-9-26(32)10-4-23)24-5-11-27(33)12-6-24/h1,3-14,22,30,34,36H,15-21H2,(H,35,40)/b28-22-,37-34?. The van der Waals surface area contributed by atoms with Crippen LogP contribution < -0.4 is 10.0 Å². The number of rotatable bonds is 12. The molecule has 0 atom stereocenters. The number of nitrogens with zero attached hydrogens (tertiary/aromatic N) is 3. The van der Waals surface area contributed by atoms with Crippen LogP contribution in [-0.2, 0) is 10.0 Å². The number of terminal acetylenes is 1. The molecule has 1 aliphatic rings. The van der Waals surface area contributed by atoms with Crippen LogP contribution >= 0.6 is 0 Å². The number of halogens is 2. The van der Waals surface area contributed by atoms with Crippen molar-refractivity contribution in [3.05, 3.63) is 113 Å². The van der Waals surface area contributed by atoms with Crippen molar-refractivity contribution in [1.82, 2.24) is 19.8 Å². The number of amides is 1. The molecule has 4 rings (SSSR count). The molecule has 0 aliphatic carbocycles. The Balaban J connectivity index is 1.33. The van der Waals surface area contributed by atoms with Gasteiger partial charge in [0.2, 0.25) is 0 Å². The summed E-state index contributed by atoms with van der Waals surface area (Å²) in [7, 11) is -3.94. The van der Waals surface area contributed by atoms with Gasteiger partial charge in [-0.15, -0.1) is 6.42 Å². The second kappa shape index (κ2) is 14.6. The molecule has 3 aromatic rings. The molecule has 12 heteroatoms. The summed E-state index contributed by atoms with van der Waals surface area (Å²) in [6.07, 6.45) is 6.68. The van der Waals surface area contributed by atoms with Crippen molar-refractivity contribution in [1.29, 1.82) is 5.53 Å².